The number of nitrogens with one attached hydrogen (secondary N) is 1. The Morgan fingerprint density at radius 1 is 1.42 bits per heavy atom. The number of amides is 1. The number of aliphatic hydroxyl groups excluding tert-OH is 1. The van der Waals surface area contributed by atoms with E-state index in [1.807, 2.05) is 36.1 Å². The van der Waals surface area contributed by atoms with Gasteiger partial charge in [-0.1, -0.05) is 18.2 Å². The van der Waals surface area contributed by atoms with Crippen LogP contribution in [0.25, 0.3) is 10.9 Å². The molecule has 4 heteroatoms. The standard InChI is InChI=1S/C15H18N2O2/c1-10-14(12-4-2-3-5-13(12)16-10)15(19)17(8-9-18)11-6-7-11/h2-5,11,16,18H,6-9H2,1H3. The fraction of sp³-hybridized carbons (Fsp3) is 0.400. The monoisotopic (exact) mass is 258 g/mol. The molecule has 1 saturated carbocycles. The molecule has 1 aliphatic rings. The Balaban J connectivity index is 2.02. The smallest absolute Gasteiger partial charge is 0.256 e. The predicted molar refractivity (Wildman–Crippen MR) is 74.2 cm³/mol. The van der Waals surface area contributed by atoms with Crippen molar-refractivity contribution < 1.29 is 9.90 Å². The van der Waals surface area contributed by atoms with Gasteiger partial charge in [0, 0.05) is 29.2 Å². The van der Waals surface area contributed by atoms with Crippen molar-refractivity contribution in [3.8, 4) is 0 Å². The van der Waals surface area contributed by atoms with E-state index in [9.17, 15) is 4.79 Å². The first-order valence-electron chi connectivity index (χ1n) is 6.71. The summed E-state index contributed by atoms with van der Waals surface area (Å²) in [6.07, 6.45) is 2.10. The lowest BCUT2D eigenvalue weighted by molar-refractivity contribution is 0.0709. The first-order valence-corrected chi connectivity index (χ1v) is 6.71. The molecule has 0 spiro atoms. The minimum absolute atomic E-state index is 0.0175. The van der Waals surface area contributed by atoms with Crippen LogP contribution in [0.2, 0.25) is 0 Å². The van der Waals surface area contributed by atoms with E-state index in [4.69, 9.17) is 5.11 Å². The largest absolute Gasteiger partial charge is 0.395 e. The van der Waals surface area contributed by atoms with Gasteiger partial charge in [0.05, 0.1) is 12.2 Å². The van der Waals surface area contributed by atoms with Crippen LogP contribution in [0.15, 0.2) is 24.3 Å². The number of H-pyrrole nitrogens is 1. The summed E-state index contributed by atoms with van der Waals surface area (Å²) in [7, 11) is 0. The Kier molecular flexibility index (Phi) is 3.03. The summed E-state index contributed by atoms with van der Waals surface area (Å²) in [6, 6.07) is 8.16. The van der Waals surface area contributed by atoms with Crippen molar-refractivity contribution in [2.24, 2.45) is 0 Å². The highest BCUT2D eigenvalue weighted by atomic mass is 16.3. The Bertz CT molecular complexity index is 614. The molecule has 1 heterocycles. The molecule has 3 rings (SSSR count). The van der Waals surface area contributed by atoms with Crippen LogP contribution in [0.3, 0.4) is 0 Å². The SMILES string of the molecule is Cc1[nH]c2ccccc2c1C(=O)N(CCO)C1CC1. The molecule has 1 fully saturated rings. The molecule has 2 aromatic rings. The van der Waals surface area contributed by atoms with Crippen LogP contribution in [-0.2, 0) is 0 Å². The van der Waals surface area contributed by atoms with Gasteiger partial charge in [-0.05, 0) is 25.8 Å². The number of para-hydroxylation sites is 1. The van der Waals surface area contributed by atoms with Crippen molar-refractivity contribution >= 4 is 16.8 Å². The van der Waals surface area contributed by atoms with Crippen molar-refractivity contribution in [2.75, 3.05) is 13.2 Å². The fourth-order valence-electron chi connectivity index (χ4n) is 2.64. The first-order chi connectivity index (χ1) is 9.22. The maximum Gasteiger partial charge on any atom is 0.256 e. The molecule has 0 saturated heterocycles. The minimum Gasteiger partial charge on any atom is -0.395 e. The third-order valence-corrected chi connectivity index (χ3v) is 3.70. The Labute approximate surface area is 112 Å². The highest BCUT2D eigenvalue weighted by Gasteiger charge is 2.34. The number of fused-ring (bicyclic) bond motifs is 1. The first kappa shape index (κ1) is 12.2. The number of aromatic nitrogens is 1. The molecule has 0 aliphatic heterocycles. The zero-order chi connectivity index (χ0) is 13.4. The number of benzene rings is 1. The molecule has 19 heavy (non-hydrogen) atoms. The van der Waals surface area contributed by atoms with E-state index in [-0.39, 0.29) is 12.5 Å². The van der Waals surface area contributed by atoms with Crippen molar-refractivity contribution in [1.82, 2.24) is 9.88 Å². The van der Waals surface area contributed by atoms with Crippen molar-refractivity contribution in [3.63, 3.8) is 0 Å². The number of nitrogens with zero attached hydrogens (tertiary/aromatic N) is 1. The molecule has 0 bridgehead atoms. The number of hydrogen-bond acceptors (Lipinski definition) is 2. The van der Waals surface area contributed by atoms with Gasteiger partial charge in [-0.25, -0.2) is 0 Å². The van der Waals surface area contributed by atoms with Gasteiger partial charge in [0.25, 0.3) is 5.91 Å². The van der Waals surface area contributed by atoms with Gasteiger partial charge in [0.1, 0.15) is 0 Å². The number of aromatic amines is 1. The maximum atomic E-state index is 12.7. The van der Waals surface area contributed by atoms with Gasteiger partial charge in [0.2, 0.25) is 0 Å². The minimum atomic E-state index is 0.0175. The molecule has 100 valence electrons. The molecule has 0 unspecified atom stereocenters. The summed E-state index contributed by atoms with van der Waals surface area (Å²) >= 11 is 0. The Hall–Kier alpha value is -1.81. The van der Waals surface area contributed by atoms with E-state index in [0.717, 1.165) is 35.0 Å². The van der Waals surface area contributed by atoms with E-state index in [0.29, 0.717) is 12.6 Å². The van der Waals surface area contributed by atoms with Crippen LogP contribution in [-0.4, -0.2) is 40.1 Å². The molecule has 4 nitrogen and oxygen atoms in total. The number of aliphatic hydroxyl groups is 1. The molecular formula is C15H18N2O2. The van der Waals surface area contributed by atoms with Gasteiger partial charge >= 0.3 is 0 Å². The van der Waals surface area contributed by atoms with Crippen LogP contribution in [0, 0.1) is 6.92 Å². The second-order valence-electron chi connectivity index (χ2n) is 5.12. The van der Waals surface area contributed by atoms with Crippen LogP contribution in [0.4, 0.5) is 0 Å². The van der Waals surface area contributed by atoms with Gasteiger partial charge in [-0.2, -0.15) is 0 Å². The molecular weight excluding hydrogens is 240 g/mol. The summed E-state index contributed by atoms with van der Waals surface area (Å²) < 4.78 is 0. The summed E-state index contributed by atoms with van der Waals surface area (Å²) in [5.74, 6) is 0.0338. The van der Waals surface area contributed by atoms with Crippen molar-refractivity contribution in [2.45, 2.75) is 25.8 Å². The number of carbonyl (C=O) groups excluding carboxylic acids is 1. The average Bonchev–Trinajstić information content (AvgIpc) is 3.17. The number of carbonyl (C=O) groups is 1. The molecule has 2 N–H and O–H groups in total. The number of hydrogen-bond donors (Lipinski definition) is 2. The highest BCUT2D eigenvalue weighted by Crippen LogP contribution is 2.30. The molecule has 0 radical (unpaired) electrons. The quantitative estimate of drug-likeness (QED) is 0.882. The Morgan fingerprint density at radius 2 is 2.16 bits per heavy atom. The van der Waals surface area contributed by atoms with Crippen molar-refractivity contribution in [1.29, 1.82) is 0 Å². The van der Waals surface area contributed by atoms with E-state index in [1.54, 1.807) is 0 Å². The molecule has 1 aromatic heterocycles. The second kappa shape index (κ2) is 4.70. The molecule has 0 atom stereocenters. The van der Waals surface area contributed by atoms with Gasteiger partial charge in [-0.15, -0.1) is 0 Å². The summed E-state index contributed by atoms with van der Waals surface area (Å²) in [4.78, 5) is 17.8. The zero-order valence-electron chi connectivity index (χ0n) is 11.0. The second-order valence-corrected chi connectivity index (χ2v) is 5.12. The predicted octanol–water partition coefficient (Wildman–Crippen LogP) is 2.07. The molecule has 1 aromatic carbocycles. The molecule has 1 aliphatic carbocycles. The topological polar surface area (TPSA) is 56.3 Å². The van der Waals surface area contributed by atoms with Crippen LogP contribution in [0.1, 0.15) is 28.9 Å². The van der Waals surface area contributed by atoms with Gasteiger partial charge < -0.3 is 15.0 Å². The van der Waals surface area contributed by atoms with Crippen LogP contribution >= 0.6 is 0 Å². The lowest BCUT2D eigenvalue weighted by Crippen LogP contribution is -2.35. The van der Waals surface area contributed by atoms with E-state index >= 15 is 0 Å². The third-order valence-electron chi connectivity index (χ3n) is 3.70. The number of rotatable bonds is 4. The number of aryl methyl sites for hydroxylation is 1. The normalized spacial score (nSPS) is 14.8. The van der Waals surface area contributed by atoms with Crippen LogP contribution < -0.4 is 0 Å². The highest BCUT2D eigenvalue weighted by molar-refractivity contribution is 6.08. The third kappa shape index (κ3) is 2.12. The van der Waals surface area contributed by atoms with Gasteiger partial charge in [0.15, 0.2) is 0 Å². The van der Waals surface area contributed by atoms with Crippen LogP contribution in [0.5, 0.6) is 0 Å². The zero-order valence-corrected chi connectivity index (χ0v) is 11.0. The lowest BCUT2D eigenvalue weighted by Gasteiger charge is -2.21. The van der Waals surface area contributed by atoms with Gasteiger partial charge in [-0.3, -0.25) is 4.79 Å². The van der Waals surface area contributed by atoms with E-state index in [1.165, 1.54) is 0 Å². The summed E-state index contributed by atoms with van der Waals surface area (Å²) in [5, 5.41) is 10.1. The summed E-state index contributed by atoms with van der Waals surface area (Å²) in [6.45, 7) is 2.36. The molecule has 1 amide bonds. The fourth-order valence-corrected chi connectivity index (χ4v) is 2.64. The summed E-state index contributed by atoms with van der Waals surface area (Å²) in [5.41, 5.74) is 2.63. The average molecular weight is 258 g/mol. The van der Waals surface area contributed by atoms with E-state index in [2.05, 4.69) is 4.98 Å². The Morgan fingerprint density at radius 3 is 2.84 bits per heavy atom. The van der Waals surface area contributed by atoms with Crippen molar-refractivity contribution in [3.05, 3.63) is 35.5 Å². The maximum absolute atomic E-state index is 12.7. The van der Waals surface area contributed by atoms with E-state index < -0.39 is 0 Å². The lowest BCUT2D eigenvalue weighted by atomic mass is 10.1.